The Morgan fingerprint density at radius 2 is 2.00 bits per heavy atom. The predicted octanol–water partition coefficient (Wildman–Crippen LogP) is 1.31. The van der Waals surface area contributed by atoms with E-state index in [1.165, 1.54) is 0 Å². The van der Waals surface area contributed by atoms with E-state index in [9.17, 15) is 9.90 Å². The highest BCUT2D eigenvalue weighted by atomic mass is 16.3. The van der Waals surface area contributed by atoms with Gasteiger partial charge in [0.05, 0.1) is 0 Å². The molecule has 3 heteroatoms. The van der Waals surface area contributed by atoms with Gasteiger partial charge in [-0.1, -0.05) is 27.2 Å². The van der Waals surface area contributed by atoms with Crippen LogP contribution in [0, 0.1) is 5.92 Å². The number of nitrogens with one attached hydrogen (secondary N) is 1. The minimum atomic E-state index is -0.841. The van der Waals surface area contributed by atoms with Gasteiger partial charge in [0.2, 0.25) is 5.91 Å². The maximum atomic E-state index is 11.3. The molecule has 0 heterocycles. The summed E-state index contributed by atoms with van der Waals surface area (Å²) in [4.78, 5) is 11.3. The van der Waals surface area contributed by atoms with Crippen molar-refractivity contribution in [3.8, 4) is 0 Å². The molecule has 0 aromatic carbocycles. The first-order valence-corrected chi connectivity index (χ1v) is 5.09. The van der Waals surface area contributed by atoms with E-state index in [0.717, 1.165) is 19.3 Å². The molecular formula is C10H21NO2. The van der Waals surface area contributed by atoms with Crippen molar-refractivity contribution >= 4 is 5.91 Å². The number of aliphatic hydroxyl groups excluding tert-OH is 1. The van der Waals surface area contributed by atoms with Crippen LogP contribution in [0.1, 0.15) is 40.0 Å². The topological polar surface area (TPSA) is 49.3 Å². The van der Waals surface area contributed by atoms with Gasteiger partial charge in [0.15, 0.2) is 0 Å². The fourth-order valence-electron chi connectivity index (χ4n) is 1.22. The summed E-state index contributed by atoms with van der Waals surface area (Å²) in [6.07, 6.45) is 1.95. The number of hydrogen-bond acceptors (Lipinski definition) is 2. The highest BCUT2D eigenvalue weighted by Gasteiger charge is 2.20. The molecule has 0 fully saturated rings. The van der Waals surface area contributed by atoms with Gasteiger partial charge < -0.3 is 10.4 Å². The highest BCUT2D eigenvalue weighted by Crippen LogP contribution is 2.10. The van der Waals surface area contributed by atoms with E-state index >= 15 is 0 Å². The zero-order chi connectivity index (χ0) is 10.3. The fraction of sp³-hybridized carbons (Fsp3) is 0.900. The predicted molar refractivity (Wildman–Crippen MR) is 53.4 cm³/mol. The molecular weight excluding hydrogens is 166 g/mol. The third kappa shape index (κ3) is 4.88. The molecule has 0 spiro atoms. The minimum absolute atomic E-state index is 0.0573. The monoisotopic (exact) mass is 187 g/mol. The minimum Gasteiger partial charge on any atom is -0.383 e. The Bertz CT molecular complexity index is 148. The summed E-state index contributed by atoms with van der Waals surface area (Å²) in [7, 11) is 0. The summed E-state index contributed by atoms with van der Waals surface area (Å²) in [6.45, 7) is 6.59. The molecule has 0 aromatic rings. The van der Waals surface area contributed by atoms with E-state index in [1.807, 2.05) is 20.8 Å². The lowest BCUT2D eigenvalue weighted by atomic mass is 9.99. The fourth-order valence-corrected chi connectivity index (χ4v) is 1.22. The van der Waals surface area contributed by atoms with Crippen molar-refractivity contribution in [3.05, 3.63) is 0 Å². The zero-order valence-electron chi connectivity index (χ0n) is 8.84. The van der Waals surface area contributed by atoms with Gasteiger partial charge in [-0.15, -0.1) is 0 Å². The molecule has 0 saturated carbocycles. The lowest BCUT2D eigenvalue weighted by molar-refractivity contribution is -0.131. The second-order valence-corrected chi connectivity index (χ2v) is 3.50. The summed E-state index contributed by atoms with van der Waals surface area (Å²) in [6, 6.07) is 0. The molecule has 0 rings (SSSR count). The summed E-state index contributed by atoms with van der Waals surface area (Å²) in [5, 5.41) is 12.2. The third-order valence-corrected chi connectivity index (χ3v) is 2.10. The number of carbonyl (C=O) groups excluding carboxylic acids is 1. The maximum absolute atomic E-state index is 11.3. The largest absolute Gasteiger partial charge is 0.383 e. The van der Waals surface area contributed by atoms with Crippen molar-refractivity contribution < 1.29 is 9.90 Å². The van der Waals surface area contributed by atoms with E-state index < -0.39 is 6.10 Å². The summed E-state index contributed by atoms with van der Waals surface area (Å²) in [5.41, 5.74) is 0. The molecule has 0 aliphatic rings. The SMILES string of the molecule is CCCNC(=O)C(O)C(C)CCC. The van der Waals surface area contributed by atoms with Crippen molar-refractivity contribution in [2.75, 3.05) is 6.54 Å². The van der Waals surface area contributed by atoms with Crippen molar-refractivity contribution in [1.82, 2.24) is 5.32 Å². The Labute approximate surface area is 80.5 Å². The standard InChI is InChI=1S/C10H21NO2/c1-4-6-8(3)9(12)10(13)11-7-5-2/h8-9,12H,4-7H2,1-3H3,(H,11,13). The molecule has 2 unspecified atom stereocenters. The van der Waals surface area contributed by atoms with Crippen molar-refractivity contribution in [2.24, 2.45) is 5.92 Å². The Hall–Kier alpha value is -0.570. The highest BCUT2D eigenvalue weighted by molar-refractivity contribution is 5.80. The molecule has 0 radical (unpaired) electrons. The van der Waals surface area contributed by atoms with Crippen molar-refractivity contribution in [3.63, 3.8) is 0 Å². The number of carbonyl (C=O) groups is 1. The number of amides is 1. The second kappa shape index (κ2) is 6.89. The van der Waals surface area contributed by atoms with E-state index in [1.54, 1.807) is 0 Å². The quantitative estimate of drug-likeness (QED) is 0.658. The lowest BCUT2D eigenvalue weighted by Crippen LogP contribution is -2.38. The Balaban J connectivity index is 3.79. The van der Waals surface area contributed by atoms with Crippen LogP contribution in [0.4, 0.5) is 0 Å². The maximum Gasteiger partial charge on any atom is 0.249 e. The Morgan fingerprint density at radius 3 is 2.46 bits per heavy atom. The number of hydrogen-bond donors (Lipinski definition) is 2. The van der Waals surface area contributed by atoms with Crippen LogP contribution in [-0.2, 0) is 4.79 Å². The second-order valence-electron chi connectivity index (χ2n) is 3.50. The molecule has 13 heavy (non-hydrogen) atoms. The normalized spacial score (nSPS) is 15.1. The van der Waals surface area contributed by atoms with Crippen LogP contribution in [0.2, 0.25) is 0 Å². The van der Waals surface area contributed by atoms with Crippen LogP contribution in [0.5, 0.6) is 0 Å². The summed E-state index contributed by atoms with van der Waals surface area (Å²) < 4.78 is 0. The summed E-state index contributed by atoms with van der Waals surface area (Å²) >= 11 is 0. The van der Waals surface area contributed by atoms with Crippen LogP contribution in [0.15, 0.2) is 0 Å². The molecule has 1 amide bonds. The zero-order valence-corrected chi connectivity index (χ0v) is 8.84. The number of rotatable bonds is 6. The van der Waals surface area contributed by atoms with Crippen LogP contribution in [0.25, 0.3) is 0 Å². The molecule has 0 aliphatic carbocycles. The van der Waals surface area contributed by atoms with Gasteiger partial charge in [-0.2, -0.15) is 0 Å². The van der Waals surface area contributed by atoms with Crippen LogP contribution < -0.4 is 5.32 Å². The van der Waals surface area contributed by atoms with Crippen molar-refractivity contribution in [2.45, 2.75) is 46.1 Å². The molecule has 0 aliphatic heterocycles. The number of aliphatic hydroxyl groups is 1. The van der Waals surface area contributed by atoms with E-state index in [-0.39, 0.29) is 11.8 Å². The first-order valence-electron chi connectivity index (χ1n) is 5.09. The van der Waals surface area contributed by atoms with Gasteiger partial charge in [-0.25, -0.2) is 0 Å². The lowest BCUT2D eigenvalue weighted by Gasteiger charge is -2.17. The van der Waals surface area contributed by atoms with Crippen LogP contribution in [0.3, 0.4) is 0 Å². The molecule has 0 bridgehead atoms. The first-order chi connectivity index (χ1) is 6.13. The van der Waals surface area contributed by atoms with Gasteiger partial charge in [0, 0.05) is 6.54 Å². The molecule has 78 valence electrons. The Morgan fingerprint density at radius 1 is 1.38 bits per heavy atom. The van der Waals surface area contributed by atoms with E-state index in [4.69, 9.17) is 0 Å². The smallest absolute Gasteiger partial charge is 0.249 e. The molecule has 2 atom stereocenters. The van der Waals surface area contributed by atoms with Crippen LogP contribution >= 0.6 is 0 Å². The summed E-state index contributed by atoms with van der Waals surface area (Å²) in [5.74, 6) is -0.176. The van der Waals surface area contributed by atoms with Gasteiger partial charge in [-0.3, -0.25) is 4.79 Å². The van der Waals surface area contributed by atoms with E-state index in [0.29, 0.717) is 6.54 Å². The van der Waals surface area contributed by atoms with Crippen molar-refractivity contribution in [1.29, 1.82) is 0 Å². The first kappa shape index (κ1) is 12.4. The average Bonchev–Trinajstić information content (AvgIpc) is 2.13. The molecule has 0 aromatic heterocycles. The van der Waals surface area contributed by atoms with Gasteiger partial charge >= 0.3 is 0 Å². The van der Waals surface area contributed by atoms with Crippen LogP contribution in [-0.4, -0.2) is 23.7 Å². The average molecular weight is 187 g/mol. The Kier molecular flexibility index (Phi) is 6.59. The van der Waals surface area contributed by atoms with Gasteiger partial charge in [-0.05, 0) is 18.8 Å². The molecule has 2 N–H and O–H groups in total. The third-order valence-electron chi connectivity index (χ3n) is 2.10. The van der Waals surface area contributed by atoms with Gasteiger partial charge in [0.1, 0.15) is 6.10 Å². The van der Waals surface area contributed by atoms with Gasteiger partial charge in [0.25, 0.3) is 0 Å². The molecule has 3 nitrogen and oxygen atoms in total. The van der Waals surface area contributed by atoms with E-state index in [2.05, 4.69) is 5.32 Å². The molecule has 0 saturated heterocycles.